The maximum Gasteiger partial charge on any atom is 0.312 e. The fourth-order valence-electron chi connectivity index (χ4n) is 3.55. The maximum absolute atomic E-state index is 12.4. The van der Waals surface area contributed by atoms with Gasteiger partial charge in [-0.15, -0.1) is 0 Å². The Balaban J connectivity index is 2.02. The SMILES string of the molecule is CCC(C)(C)c1ccc(OCCCC(=O)Nc2ccc(OC)c([N+](=O)[O-])c2)c(C(C)(C)CC)c1. The first kappa shape index (κ1) is 27.2. The highest BCUT2D eigenvalue weighted by Gasteiger charge is 2.26. The monoisotopic (exact) mass is 470 g/mol. The summed E-state index contributed by atoms with van der Waals surface area (Å²) >= 11 is 0. The zero-order chi connectivity index (χ0) is 25.5. The average Bonchev–Trinajstić information content (AvgIpc) is 2.81. The van der Waals surface area contributed by atoms with Crippen LogP contribution in [0, 0.1) is 10.1 Å². The molecule has 1 N–H and O–H groups in total. The van der Waals surface area contributed by atoms with E-state index in [0.717, 1.165) is 18.6 Å². The van der Waals surface area contributed by atoms with Crippen LogP contribution in [0.15, 0.2) is 36.4 Å². The number of ether oxygens (including phenoxy) is 2. The van der Waals surface area contributed by atoms with Crippen molar-refractivity contribution in [3.63, 3.8) is 0 Å². The molecule has 0 saturated heterocycles. The van der Waals surface area contributed by atoms with Gasteiger partial charge in [-0.2, -0.15) is 0 Å². The quantitative estimate of drug-likeness (QED) is 0.210. The highest BCUT2D eigenvalue weighted by atomic mass is 16.6. The third kappa shape index (κ3) is 6.72. The van der Waals surface area contributed by atoms with Gasteiger partial charge in [0.05, 0.1) is 18.6 Å². The first-order valence-electron chi connectivity index (χ1n) is 11.8. The summed E-state index contributed by atoms with van der Waals surface area (Å²) in [5.74, 6) is 0.779. The van der Waals surface area contributed by atoms with E-state index in [0.29, 0.717) is 18.7 Å². The number of nitro benzene ring substituents is 1. The summed E-state index contributed by atoms with van der Waals surface area (Å²) in [5, 5.41) is 13.9. The summed E-state index contributed by atoms with van der Waals surface area (Å²) in [6.45, 7) is 13.7. The van der Waals surface area contributed by atoms with E-state index in [-0.39, 0.29) is 34.6 Å². The molecular weight excluding hydrogens is 432 g/mol. The van der Waals surface area contributed by atoms with Crippen molar-refractivity contribution in [1.82, 2.24) is 0 Å². The van der Waals surface area contributed by atoms with E-state index in [9.17, 15) is 14.9 Å². The summed E-state index contributed by atoms with van der Waals surface area (Å²) in [4.78, 5) is 23.0. The van der Waals surface area contributed by atoms with Gasteiger partial charge in [-0.1, -0.05) is 53.7 Å². The molecule has 2 aromatic rings. The van der Waals surface area contributed by atoms with Crippen LogP contribution in [-0.2, 0) is 15.6 Å². The number of carbonyl (C=O) groups excluding carboxylic acids is 1. The standard InChI is InChI=1S/C27H38N2O5/c1-8-26(3,4)19-12-14-23(21(17-19)27(5,6)9-2)34-16-10-11-25(30)28-20-13-15-24(33-7)22(18-20)29(31)32/h12-15,17-18H,8-11,16H2,1-7H3,(H,28,30). The van der Waals surface area contributed by atoms with Gasteiger partial charge in [0.15, 0.2) is 5.75 Å². The summed E-state index contributed by atoms with van der Waals surface area (Å²) in [6.07, 6.45) is 2.80. The lowest BCUT2D eigenvalue weighted by molar-refractivity contribution is -0.385. The number of nitro groups is 1. The lowest BCUT2D eigenvalue weighted by Gasteiger charge is -2.30. The number of hydrogen-bond donors (Lipinski definition) is 1. The van der Waals surface area contributed by atoms with Crippen molar-refractivity contribution in [2.45, 2.75) is 78.1 Å². The number of nitrogens with zero attached hydrogens (tertiary/aromatic N) is 1. The van der Waals surface area contributed by atoms with E-state index in [1.165, 1.54) is 30.4 Å². The average molecular weight is 471 g/mol. The molecule has 7 heteroatoms. The number of amides is 1. The molecule has 0 aromatic heterocycles. The van der Waals surface area contributed by atoms with Crippen molar-refractivity contribution >= 4 is 17.3 Å². The predicted octanol–water partition coefficient (Wildman–Crippen LogP) is 6.78. The largest absolute Gasteiger partial charge is 0.493 e. The second-order valence-electron chi connectivity index (χ2n) is 9.83. The fraction of sp³-hybridized carbons (Fsp3) is 0.519. The van der Waals surface area contributed by atoms with Crippen LogP contribution in [0.25, 0.3) is 0 Å². The Kier molecular flexibility index (Phi) is 9.07. The van der Waals surface area contributed by atoms with Crippen molar-refractivity contribution in [2.75, 3.05) is 19.0 Å². The van der Waals surface area contributed by atoms with E-state index in [1.807, 2.05) is 0 Å². The van der Waals surface area contributed by atoms with Gasteiger partial charge in [0.25, 0.3) is 0 Å². The van der Waals surface area contributed by atoms with E-state index >= 15 is 0 Å². The second kappa shape index (κ2) is 11.4. The van der Waals surface area contributed by atoms with Gasteiger partial charge in [0.1, 0.15) is 5.75 Å². The molecule has 186 valence electrons. The lowest BCUT2D eigenvalue weighted by Crippen LogP contribution is -2.21. The van der Waals surface area contributed by atoms with Crippen LogP contribution >= 0.6 is 0 Å². The molecule has 0 saturated carbocycles. The summed E-state index contributed by atoms with van der Waals surface area (Å²) in [7, 11) is 1.37. The predicted molar refractivity (Wildman–Crippen MR) is 136 cm³/mol. The van der Waals surface area contributed by atoms with Gasteiger partial charge in [-0.05, 0) is 53.9 Å². The highest BCUT2D eigenvalue weighted by Crippen LogP contribution is 2.38. The van der Waals surface area contributed by atoms with Crippen LogP contribution in [0.5, 0.6) is 11.5 Å². The summed E-state index contributed by atoms with van der Waals surface area (Å²) in [6, 6.07) is 10.8. The molecule has 0 bridgehead atoms. The van der Waals surface area contributed by atoms with Crippen molar-refractivity contribution in [3.8, 4) is 11.5 Å². The molecule has 0 aliphatic rings. The molecule has 34 heavy (non-hydrogen) atoms. The Morgan fingerprint density at radius 1 is 1.00 bits per heavy atom. The van der Waals surface area contributed by atoms with Gasteiger partial charge >= 0.3 is 5.69 Å². The van der Waals surface area contributed by atoms with Gasteiger partial charge in [-0.3, -0.25) is 14.9 Å². The molecule has 7 nitrogen and oxygen atoms in total. The third-order valence-electron chi connectivity index (χ3n) is 6.72. The van der Waals surface area contributed by atoms with Gasteiger partial charge < -0.3 is 14.8 Å². The Hall–Kier alpha value is -3.09. The number of rotatable bonds is 12. The second-order valence-corrected chi connectivity index (χ2v) is 9.83. The fourth-order valence-corrected chi connectivity index (χ4v) is 3.55. The molecule has 0 atom stereocenters. The number of carbonyl (C=O) groups is 1. The smallest absolute Gasteiger partial charge is 0.312 e. The minimum atomic E-state index is -0.537. The third-order valence-corrected chi connectivity index (χ3v) is 6.72. The Bertz CT molecular complexity index is 1010. The Labute approximate surface area is 203 Å². The molecule has 0 radical (unpaired) electrons. The molecule has 0 fully saturated rings. The molecule has 0 aliphatic carbocycles. The zero-order valence-corrected chi connectivity index (χ0v) is 21.5. The summed E-state index contributed by atoms with van der Waals surface area (Å²) in [5.41, 5.74) is 2.71. The molecule has 0 spiro atoms. The Morgan fingerprint density at radius 2 is 1.65 bits per heavy atom. The van der Waals surface area contributed by atoms with Crippen molar-refractivity contribution < 1.29 is 19.2 Å². The molecule has 2 aromatic carbocycles. The number of benzene rings is 2. The first-order chi connectivity index (χ1) is 15.9. The molecule has 0 unspecified atom stereocenters. The van der Waals surface area contributed by atoms with Gasteiger partial charge in [0.2, 0.25) is 5.91 Å². The van der Waals surface area contributed by atoms with Crippen LogP contribution in [-0.4, -0.2) is 24.5 Å². The van der Waals surface area contributed by atoms with Crippen LogP contribution < -0.4 is 14.8 Å². The number of methoxy groups -OCH3 is 1. The summed E-state index contributed by atoms with van der Waals surface area (Å²) < 4.78 is 11.1. The minimum absolute atomic E-state index is 0.0321. The molecular formula is C27H38N2O5. The lowest BCUT2D eigenvalue weighted by atomic mass is 9.76. The van der Waals surface area contributed by atoms with Crippen LogP contribution in [0.1, 0.15) is 78.4 Å². The number of anilines is 1. The van der Waals surface area contributed by atoms with Gasteiger partial charge in [-0.25, -0.2) is 0 Å². The molecule has 0 heterocycles. The maximum atomic E-state index is 12.4. The van der Waals surface area contributed by atoms with E-state index in [1.54, 1.807) is 6.07 Å². The van der Waals surface area contributed by atoms with E-state index in [2.05, 4.69) is 65.1 Å². The Morgan fingerprint density at radius 3 is 2.24 bits per heavy atom. The number of nitrogens with one attached hydrogen (secondary N) is 1. The molecule has 1 amide bonds. The molecule has 0 aliphatic heterocycles. The highest BCUT2D eigenvalue weighted by molar-refractivity contribution is 5.91. The van der Waals surface area contributed by atoms with Crippen LogP contribution in [0.2, 0.25) is 0 Å². The normalized spacial score (nSPS) is 11.7. The van der Waals surface area contributed by atoms with E-state index in [4.69, 9.17) is 9.47 Å². The topological polar surface area (TPSA) is 90.7 Å². The zero-order valence-electron chi connectivity index (χ0n) is 21.5. The van der Waals surface area contributed by atoms with Crippen molar-refractivity contribution in [1.29, 1.82) is 0 Å². The van der Waals surface area contributed by atoms with Crippen LogP contribution in [0.4, 0.5) is 11.4 Å². The van der Waals surface area contributed by atoms with Crippen molar-refractivity contribution in [2.24, 2.45) is 0 Å². The van der Waals surface area contributed by atoms with E-state index < -0.39 is 4.92 Å². The van der Waals surface area contributed by atoms with Crippen molar-refractivity contribution in [3.05, 3.63) is 57.6 Å². The number of hydrogen-bond acceptors (Lipinski definition) is 5. The van der Waals surface area contributed by atoms with Gasteiger partial charge in [0, 0.05) is 23.7 Å². The minimum Gasteiger partial charge on any atom is -0.493 e. The first-order valence-corrected chi connectivity index (χ1v) is 11.8. The van der Waals surface area contributed by atoms with Crippen LogP contribution in [0.3, 0.4) is 0 Å². The molecule has 2 rings (SSSR count).